The minimum Gasteiger partial charge on any atom is -0.354 e. The van der Waals surface area contributed by atoms with E-state index in [1.807, 2.05) is 0 Å². The summed E-state index contributed by atoms with van der Waals surface area (Å²) in [6.45, 7) is 0.341. The van der Waals surface area contributed by atoms with E-state index in [1.54, 1.807) is 0 Å². The Balaban J connectivity index is 2.50. The maximum absolute atomic E-state index is 11.2. The Bertz CT molecular complexity index is 468. The third-order valence-electron chi connectivity index (χ3n) is 1.75. The van der Waals surface area contributed by atoms with E-state index in [0.717, 1.165) is 11.5 Å². The van der Waals surface area contributed by atoms with Crippen molar-refractivity contribution in [3.8, 4) is 0 Å². The van der Waals surface area contributed by atoms with Crippen molar-refractivity contribution in [1.82, 2.24) is 9.81 Å². The molecule has 1 rings (SSSR count). The topological polar surface area (TPSA) is 100 Å². The molecule has 16 heavy (non-hydrogen) atoms. The summed E-state index contributed by atoms with van der Waals surface area (Å²) in [6, 6.07) is 0. The molecule has 1 aromatic heterocycles. The molecule has 0 unspecified atom stereocenters. The average molecular weight is 266 g/mol. The van der Waals surface area contributed by atoms with Gasteiger partial charge in [0.25, 0.3) is 16.0 Å². The smallest absolute Gasteiger partial charge is 0.269 e. The third kappa shape index (κ3) is 4.21. The Morgan fingerprint density at radius 3 is 2.94 bits per heavy atom. The van der Waals surface area contributed by atoms with Gasteiger partial charge in [0.05, 0.1) is 10.2 Å². The molecular weight excluding hydrogens is 254 g/mol. The number of carbonyl (C=O) groups excluding carboxylic acids is 1. The molecule has 0 aliphatic heterocycles. The van der Waals surface area contributed by atoms with Crippen LogP contribution in [0.4, 0.5) is 0 Å². The molecular formula is C7H12N3O4S2+. The molecule has 0 bridgehead atoms. The molecule has 9 heteroatoms. The molecule has 1 aromatic rings. The average Bonchev–Trinajstić information content (AvgIpc) is 2.63. The maximum atomic E-state index is 11.2. The SMILES string of the molecule is CNC(=O)c1c[n+](CCCS(=O)(=O)O)ns1. The number of aryl methyl sites for hydroxylation is 1. The number of carbonyl (C=O) groups is 1. The van der Waals surface area contributed by atoms with Crippen molar-refractivity contribution < 1.29 is 22.4 Å². The van der Waals surface area contributed by atoms with Gasteiger partial charge in [0, 0.05) is 25.0 Å². The van der Waals surface area contributed by atoms with Gasteiger partial charge < -0.3 is 5.32 Å². The molecule has 0 spiro atoms. The van der Waals surface area contributed by atoms with Gasteiger partial charge in [-0.3, -0.25) is 9.35 Å². The molecule has 0 saturated carbocycles. The largest absolute Gasteiger partial charge is 0.354 e. The predicted molar refractivity (Wildman–Crippen MR) is 56.7 cm³/mol. The van der Waals surface area contributed by atoms with Gasteiger partial charge in [-0.05, 0) is 0 Å². The van der Waals surface area contributed by atoms with Gasteiger partial charge in [0.2, 0.25) is 6.20 Å². The van der Waals surface area contributed by atoms with Crippen LogP contribution in [0.1, 0.15) is 16.1 Å². The van der Waals surface area contributed by atoms with Crippen molar-refractivity contribution in [3.63, 3.8) is 0 Å². The molecule has 0 saturated heterocycles. The molecule has 0 aliphatic carbocycles. The Morgan fingerprint density at radius 2 is 2.38 bits per heavy atom. The van der Waals surface area contributed by atoms with E-state index in [1.165, 1.54) is 17.9 Å². The second-order valence-corrected chi connectivity index (χ2v) is 5.41. The van der Waals surface area contributed by atoms with Gasteiger partial charge in [-0.1, -0.05) is 4.68 Å². The van der Waals surface area contributed by atoms with Crippen molar-refractivity contribution in [1.29, 1.82) is 0 Å². The molecule has 90 valence electrons. The minimum atomic E-state index is -3.93. The standard InChI is InChI=1S/C7H11N3O4S2/c1-8-7(11)6-5-10(9-15-6)3-2-4-16(12,13)14/h5H,2-4H2,1H3,(H-,8,11,12,13,14)/p+1. The number of hydrogen-bond acceptors (Lipinski definition) is 5. The Hall–Kier alpha value is -1.06. The Kier molecular flexibility index (Phi) is 4.33. The molecule has 0 fully saturated rings. The van der Waals surface area contributed by atoms with E-state index >= 15 is 0 Å². The lowest BCUT2D eigenvalue weighted by Gasteiger charge is -1.91. The summed E-state index contributed by atoms with van der Waals surface area (Å²) < 4.78 is 34.8. The van der Waals surface area contributed by atoms with Crippen molar-refractivity contribution in [3.05, 3.63) is 11.1 Å². The van der Waals surface area contributed by atoms with Gasteiger partial charge in [-0.15, -0.1) is 0 Å². The zero-order chi connectivity index (χ0) is 12.2. The van der Waals surface area contributed by atoms with Gasteiger partial charge in [-0.25, -0.2) is 0 Å². The minimum absolute atomic E-state index is 0.231. The van der Waals surface area contributed by atoms with E-state index in [4.69, 9.17) is 4.55 Å². The fourth-order valence-corrected chi connectivity index (χ4v) is 2.19. The highest BCUT2D eigenvalue weighted by molar-refractivity contribution is 7.85. The summed E-state index contributed by atoms with van der Waals surface area (Å²) in [6.07, 6.45) is 1.79. The fourth-order valence-electron chi connectivity index (χ4n) is 1.02. The van der Waals surface area contributed by atoms with Crippen LogP contribution in [0.5, 0.6) is 0 Å². The van der Waals surface area contributed by atoms with Crippen LogP contribution < -0.4 is 10.00 Å². The van der Waals surface area contributed by atoms with E-state index in [0.29, 0.717) is 11.4 Å². The normalized spacial score (nSPS) is 11.4. The van der Waals surface area contributed by atoms with E-state index in [9.17, 15) is 13.2 Å². The molecule has 1 heterocycles. The molecule has 0 radical (unpaired) electrons. The summed E-state index contributed by atoms with van der Waals surface area (Å²) >= 11 is 1.03. The Labute approximate surface area is 97.0 Å². The van der Waals surface area contributed by atoms with Crippen LogP contribution in [-0.2, 0) is 16.7 Å². The number of hydrogen-bond donors (Lipinski definition) is 2. The third-order valence-corrected chi connectivity index (χ3v) is 3.33. The highest BCUT2D eigenvalue weighted by Gasteiger charge is 2.15. The van der Waals surface area contributed by atoms with E-state index < -0.39 is 10.1 Å². The van der Waals surface area contributed by atoms with Crippen LogP contribution in [0.3, 0.4) is 0 Å². The monoisotopic (exact) mass is 266 g/mol. The Morgan fingerprint density at radius 1 is 1.69 bits per heavy atom. The zero-order valence-corrected chi connectivity index (χ0v) is 10.2. The van der Waals surface area contributed by atoms with Crippen LogP contribution in [0.15, 0.2) is 6.20 Å². The van der Waals surface area contributed by atoms with Crippen LogP contribution in [0.2, 0.25) is 0 Å². The van der Waals surface area contributed by atoms with Crippen LogP contribution in [0.25, 0.3) is 0 Å². The lowest BCUT2D eigenvalue weighted by atomic mass is 10.4. The molecule has 1 amide bonds. The first-order chi connectivity index (χ1) is 7.42. The summed E-state index contributed by atoms with van der Waals surface area (Å²) in [7, 11) is -2.41. The van der Waals surface area contributed by atoms with Crippen molar-refractivity contribution in [2.75, 3.05) is 12.8 Å². The quantitative estimate of drug-likeness (QED) is 0.529. The van der Waals surface area contributed by atoms with E-state index in [-0.39, 0.29) is 18.1 Å². The predicted octanol–water partition coefficient (Wildman–Crippen LogP) is -0.932. The summed E-state index contributed by atoms with van der Waals surface area (Å²) in [5.74, 6) is -0.543. The molecule has 0 aromatic carbocycles. The van der Waals surface area contributed by atoms with Gasteiger partial charge in [0.15, 0.2) is 11.4 Å². The lowest BCUT2D eigenvalue weighted by molar-refractivity contribution is -0.746. The summed E-state index contributed by atoms with van der Waals surface area (Å²) in [5, 5.41) is 2.46. The van der Waals surface area contributed by atoms with Gasteiger partial charge in [-0.2, -0.15) is 8.42 Å². The highest BCUT2D eigenvalue weighted by atomic mass is 32.2. The second-order valence-electron chi connectivity index (χ2n) is 3.05. The number of nitrogens with one attached hydrogen (secondary N) is 1. The molecule has 2 N–H and O–H groups in total. The zero-order valence-electron chi connectivity index (χ0n) is 8.58. The summed E-state index contributed by atoms with van der Waals surface area (Å²) in [4.78, 5) is 11.6. The number of rotatable bonds is 5. The highest BCUT2D eigenvalue weighted by Crippen LogP contribution is 2.00. The van der Waals surface area contributed by atoms with E-state index in [2.05, 4.69) is 9.81 Å². The van der Waals surface area contributed by atoms with Crippen LogP contribution >= 0.6 is 11.5 Å². The first-order valence-electron chi connectivity index (χ1n) is 4.46. The molecule has 7 nitrogen and oxygen atoms in total. The lowest BCUT2D eigenvalue weighted by Crippen LogP contribution is -2.35. The first-order valence-corrected chi connectivity index (χ1v) is 6.84. The molecule has 0 atom stereocenters. The maximum Gasteiger partial charge on any atom is 0.269 e. The van der Waals surface area contributed by atoms with Crippen LogP contribution in [-0.4, -0.2) is 36.2 Å². The van der Waals surface area contributed by atoms with Crippen molar-refractivity contribution >= 4 is 27.6 Å². The number of nitrogens with zero attached hydrogens (tertiary/aromatic N) is 2. The number of aromatic nitrogens is 2. The van der Waals surface area contributed by atoms with Gasteiger partial charge in [0.1, 0.15) is 0 Å². The molecule has 0 aliphatic rings. The van der Waals surface area contributed by atoms with Crippen molar-refractivity contribution in [2.45, 2.75) is 13.0 Å². The van der Waals surface area contributed by atoms with Gasteiger partial charge >= 0.3 is 0 Å². The van der Waals surface area contributed by atoms with Crippen LogP contribution in [0, 0.1) is 0 Å². The van der Waals surface area contributed by atoms with Crippen molar-refractivity contribution in [2.24, 2.45) is 0 Å². The summed E-state index contributed by atoms with van der Waals surface area (Å²) in [5.41, 5.74) is 0. The number of amides is 1. The second kappa shape index (κ2) is 5.32. The fraction of sp³-hybridized carbons (Fsp3) is 0.571. The first kappa shape index (κ1) is 13.0.